The number of alkyl halides is 5. The first-order chi connectivity index (χ1) is 18.7. The van der Waals surface area contributed by atoms with E-state index in [1.54, 1.807) is 0 Å². The number of aromatic nitrogens is 6. The number of carbonyl (C=O) groups is 2. The van der Waals surface area contributed by atoms with E-state index < -0.39 is 49.0 Å². The molecule has 0 spiro atoms. The van der Waals surface area contributed by atoms with Crippen molar-refractivity contribution in [3.63, 3.8) is 0 Å². The number of aliphatic hydroxyl groups excluding tert-OH is 1. The molecular weight excluding hydrogens is 543 g/mol. The van der Waals surface area contributed by atoms with Crippen LogP contribution in [0.15, 0.2) is 24.8 Å². The van der Waals surface area contributed by atoms with Gasteiger partial charge in [-0.05, 0) is 38.7 Å². The number of nitrogens with one attached hydrogen (secondary N) is 2. The Balaban J connectivity index is 1.57. The molecule has 0 bridgehead atoms. The zero-order valence-corrected chi connectivity index (χ0v) is 21.7. The van der Waals surface area contributed by atoms with Crippen molar-refractivity contribution in [2.24, 2.45) is 5.92 Å². The zero-order valence-electron chi connectivity index (χ0n) is 21.7. The van der Waals surface area contributed by atoms with E-state index in [0.717, 1.165) is 0 Å². The number of carbonyl (C=O) groups excluding carboxylic acids is 2. The van der Waals surface area contributed by atoms with Gasteiger partial charge in [0.1, 0.15) is 6.33 Å². The van der Waals surface area contributed by atoms with E-state index in [-0.39, 0.29) is 54.7 Å². The largest absolute Gasteiger partial charge is 0.389 e. The Morgan fingerprint density at radius 3 is 2.52 bits per heavy atom. The lowest BCUT2D eigenvalue weighted by atomic mass is 9.81. The SMILES string of the molecule is CC(C)n1ncnc1C(=O)N[C@H](c1cn2ncc([C@@H](O)NC(=O)CCC(F)(F)F)cc2n1)C1CCC(F)(F)CC1. The van der Waals surface area contributed by atoms with Crippen LogP contribution in [0.1, 0.15) is 92.6 Å². The lowest BCUT2D eigenvalue weighted by molar-refractivity contribution is -0.145. The summed E-state index contributed by atoms with van der Waals surface area (Å²) >= 11 is 0. The van der Waals surface area contributed by atoms with Crippen molar-refractivity contribution in [3.05, 3.63) is 41.9 Å². The first kappa shape index (κ1) is 29.3. The van der Waals surface area contributed by atoms with E-state index in [1.807, 2.05) is 13.8 Å². The summed E-state index contributed by atoms with van der Waals surface area (Å²) in [7, 11) is 0. The minimum atomic E-state index is -4.51. The Labute approximate surface area is 225 Å². The van der Waals surface area contributed by atoms with Crippen molar-refractivity contribution in [1.82, 2.24) is 40.0 Å². The van der Waals surface area contributed by atoms with Gasteiger partial charge in [-0.2, -0.15) is 23.4 Å². The maximum Gasteiger partial charge on any atom is 0.389 e. The number of aliphatic hydroxyl groups is 1. The molecule has 11 nitrogen and oxygen atoms in total. The Hall–Kier alpha value is -3.69. The van der Waals surface area contributed by atoms with E-state index in [1.165, 1.54) is 34.0 Å². The highest BCUT2D eigenvalue weighted by Gasteiger charge is 2.39. The van der Waals surface area contributed by atoms with Crippen LogP contribution >= 0.6 is 0 Å². The number of halogens is 5. The van der Waals surface area contributed by atoms with Gasteiger partial charge in [-0.3, -0.25) is 9.59 Å². The van der Waals surface area contributed by atoms with Crippen LogP contribution in [0.5, 0.6) is 0 Å². The van der Waals surface area contributed by atoms with Gasteiger partial charge < -0.3 is 15.7 Å². The van der Waals surface area contributed by atoms with E-state index in [0.29, 0.717) is 5.69 Å². The second-order valence-electron chi connectivity index (χ2n) is 10.1. The Kier molecular flexibility index (Phi) is 8.37. The topological polar surface area (TPSA) is 139 Å². The second-order valence-corrected chi connectivity index (χ2v) is 10.1. The van der Waals surface area contributed by atoms with Crippen LogP contribution in [0, 0.1) is 5.92 Å². The van der Waals surface area contributed by atoms with Crippen LogP contribution in [0.2, 0.25) is 0 Å². The second kappa shape index (κ2) is 11.4. The Morgan fingerprint density at radius 1 is 1.18 bits per heavy atom. The lowest BCUT2D eigenvalue weighted by Gasteiger charge is -2.33. The third kappa shape index (κ3) is 7.08. The molecule has 3 heterocycles. The number of hydrogen-bond donors (Lipinski definition) is 3. The molecule has 3 aromatic rings. The smallest absolute Gasteiger partial charge is 0.369 e. The molecular formula is C24H29F5N8O3. The molecule has 1 saturated carbocycles. The molecule has 0 radical (unpaired) electrons. The van der Waals surface area contributed by atoms with E-state index in [4.69, 9.17) is 0 Å². The first-order valence-corrected chi connectivity index (χ1v) is 12.7. The standard InChI is InChI=1S/C24H29F5N8O3/c1-13(2)37-20(30-12-32-37)22(40)35-19(14-3-6-23(25,26)7-4-14)16-11-36-17(33-16)9-15(10-31-36)21(39)34-18(38)5-8-24(27,28)29/h9-14,19,21,39H,3-8H2,1-2H3,(H,34,38)(H,35,40)/t19-,21+/m0/s1. The van der Waals surface area contributed by atoms with E-state index >= 15 is 0 Å². The van der Waals surface area contributed by atoms with Crippen molar-refractivity contribution < 1.29 is 36.6 Å². The molecule has 1 aliphatic rings. The number of amides is 2. The molecule has 16 heteroatoms. The summed E-state index contributed by atoms with van der Waals surface area (Å²) in [5, 5.41) is 23.5. The molecule has 1 aliphatic carbocycles. The first-order valence-electron chi connectivity index (χ1n) is 12.7. The van der Waals surface area contributed by atoms with Gasteiger partial charge in [0, 0.05) is 30.9 Å². The monoisotopic (exact) mass is 572 g/mol. The molecule has 218 valence electrons. The van der Waals surface area contributed by atoms with Gasteiger partial charge in [0.2, 0.25) is 17.7 Å². The van der Waals surface area contributed by atoms with Gasteiger partial charge in [0.15, 0.2) is 11.9 Å². The van der Waals surface area contributed by atoms with Crippen LogP contribution in [-0.2, 0) is 4.79 Å². The van der Waals surface area contributed by atoms with Crippen molar-refractivity contribution in [2.75, 3.05) is 0 Å². The zero-order chi connectivity index (χ0) is 29.2. The maximum absolute atomic E-state index is 13.9. The van der Waals surface area contributed by atoms with Gasteiger partial charge >= 0.3 is 6.18 Å². The Morgan fingerprint density at radius 2 is 1.88 bits per heavy atom. The van der Waals surface area contributed by atoms with Crippen molar-refractivity contribution in [1.29, 1.82) is 0 Å². The molecule has 0 unspecified atom stereocenters. The highest BCUT2D eigenvalue weighted by atomic mass is 19.4. The molecule has 3 N–H and O–H groups in total. The molecule has 4 rings (SSSR count). The summed E-state index contributed by atoms with van der Waals surface area (Å²) in [4.78, 5) is 33.5. The van der Waals surface area contributed by atoms with Crippen molar-refractivity contribution >= 4 is 17.5 Å². The number of nitrogens with zero attached hydrogens (tertiary/aromatic N) is 6. The summed E-state index contributed by atoms with van der Waals surface area (Å²) < 4.78 is 67.7. The predicted molar refractivity (Wildman–Crippen MR) is 129 cm³/mol. The fraction of sp³-hybridized carbons (Fsp3) is 0.583. The third-order valence-corrected chi connectivity index (χ3v) is 6.71. The lowest BCUT2D eigenvalue weighted by Crippen LogP contribution is -2.38. The maximum atomic E-state index is 13.9. The van der Waals surface area contributed by atoms with Crippen LogP contribution in [0.4, 0.5) is 22.0 Å². The van der Waals surface area contributed by atoms with Crippen LogP contribution in [0.25, 0.3) is 5.65 Å². The summed E-state index contributed by atoms with van der Waals surface area (Å²) in [6, 6.07) is 0.431. The summed E-state index contributed by atoms with van der Waals surface area (Å²) in [6.07, 6.45) is -4.81. The van der Waals surface area contributed by atoms with Gasteiger partial charge in [-0.25, -0.2) is 27.9 Å². The van der Waals surface area contributed by atoms with Gasteiger partial charge in [0.05, 0.1) is 30.6 Å². The number of hydrogen-bond acceptors (Lipinski definition) is 7. The number of imidazole rings is 1. The fourth-order valence-electron chi connectivity index (χ4n) is 4.60. The summed E-state index contributed by atoms with van der Waals surface area (Å²) in [5.74, 6) is -4.67. The predicted octanol–water partition coefficient (Wildman–Crippen LogP) is 3.65. The molecule has 1 fully saturated rings. The van der Waals surface area contributed by atoms with E-state index in [2.05, 4.69) is 30.8 Å². The summed E-state index contributed by atoms with van der Waals surface area (Å²) in [6.45, 7) is 3.65. The van der Waals surface area contributed by atoms with Crippen LogP contribution < -0.4 is 10.6 Å². The van der Waals surface area contributed by atoms with Crippen molar-refractivity contribution in [2.45, 2.75) is 82.8 Å². The van der Waals surface area contributed by atoms with E-state index in [9.17, 15) is 36.6 Å². The quantitative estimate of drug-likeness (QED) is 0.263. The molecule has 2 atom stereocenters. The minimum absolute atomic E-state index is 0.0506. The average molecular weight is 573 g/mol. The van der Waals surface area contributed by atoms with Crippen LogP contribution in [0.3, 0.4) is 0 Å². The molecule has 3 aromatic heterocycles. The molecule has 0 saturated heterocycles. The van der Waals surface area contributed by atoms with Gasteiger partial charge in [-0.1, -0.05) is 0 Å². The van der Waals surface area contributed by atoms with Crippen LogP contribution in [-0.4, -0.2) is 58.4 Å². The number of fused-ring (bicyclic) bond motifs is 1. The third-order valence-electron chi connectivity index (χ3n) is 6.71. The molecule has 0 aromatic carbocycles. The molecule has 2 amide bonds. The summed E-state index contributed by atoms with van der Waals surface area (Å²) in [5.41, 5.74) is 0.585. The normalized spacial score (nSPS) is 17.6. The number of rotatable bonds is 9. The van der Waals surface area contributed by atoms with Gasteiger partial charge in [0.25, 0.3) is 5.91 Å². The molecule has 0 aliphatic heterocycles. The minimum Gasteiger partial charge on any atom is -0.369 e. The van der Waals surface area contributed by atoms with Crippen molar-refractivity contribution in [3.8, 4) is 0 Å². The highest BCUT2D eigenvalue weighted by Crippen LogP contribution is 2.41. The Bertz CT molecular complexity index is 1350. The highest BCUT2D eigenvalue weighted by molar-refractivity contribution is 5.91. The molecule has 40 heavy (non-hydrogen) atoms. The average Bonchev–Trinajstić information content (AvgIpc) is 3.53. The fourth-order valence-corrected chi connectivity index (χ4v) is 4.60. The van der Waals surface area contributed by atoms with Gasteiger partial charge in [-0.15, -0.1) is 0 Å².